The molecule has 0 saturated carbocycles. The first kappa shape index (κ1) is 10.5. The summed E-state index contributed by atoms with van der Waals surface area (Å²) in [6.07, 6.45) is 1.30. The van der Waals surface area contributed by atoms with Crippen molar-refractivity contribution in [1.82, 2.24) is 0 Å². The van der Waals surface area contributed by atoms with Gasteiger partial charge in [0.1, 0.15) is 5.76 Å². The number of rotatable bonds is 3. The van der Waals surface area contributed by atoms with Crippen molar-refractivity contribution in [3.63, 3.8) is 0 Å². The lowest BCUT2D eigenvalue weighted by molar-refractivity contribution is -0.135. The Morgan fingerprint density at radius 1 is 1.45 bits per heavy atom. The molecule has 0 aliphatic carbocycles. The Kier molecular flexibility index (Phi) is 4.94. The van der Waals surface area contributed by atoms with E-state index in [1.54, 1.807) is 0 Å². The van der Waals surface area contributed by atoms with Gasteiger partial charge in [-0.15, -0.1) is 0 Å². The SMILES string of the molecule is COC(=O)C=C(OC)C(C)Br. The van der Waals surface area contributed by atoms with E-state index in [0.717, 1.165) is 0 Å². The molecule has 0 heterocycles. The Morgan fingerprint density at radius 3 is 2.27 bits per heavy atom. The van der Waals surface area contributed by atoms with Crippen LogP contribution in [0.1, 0.15) is 6.92 Å². The Labute approximate surface area is 74.5 Å². The average molecular weight is 223 g/mol. The highest BCUT2D eigenvalue weighted by Crippen LogP contribution is 2.11. The fourth-order valence-electron chi connectivity index (χ4n) is 0.511. The van der Waals surface area contributed by atoms with Crippen molar-refractivity contribution in [3.8, 4) is 0 Å². The second kappa shape index (κ2) is 5.18. The molecule has 4 heteroatoms. The molecule has 0 rings (SSSR count). The Hall–Kier alpha value is -0.510. The number of carbonyl (C=O) groups is 1. The van der Waals surface area contributed by atoms with Crippen LogP contribution in [0.15, 0.2) is 11.8 Å². The largest absolute Gasteiger partial charge is 0.500 e. The van der Waals surface area contributed by atoms with Gasteiger partial charge in [-0.25, -0.2) is 4.79 Å². The van der Waals surface area contributed by atoms with Gasteiger partial charge in [0.2, 0.25) is 0 Å². The van der Waals surface area contributed by atoms with Crippen LogP contribution in [0, 0.1) is 0 Å². The summed E-state index contributed by atoms with van der Waals surface area (Å²) in [5.74, 6) is 0.144. The molecule has 0 aliphatic rings. The van der Waals surface area contributed by atoms with Gasteiger partial charge in [0.15, 0.2) is 0 Å². The van der Waals surface area contributed by atoms with E-state index in [2.05, 4.69) is 20.7 Å². The molecule has 0 aromatic carbocycles. The number of carbonyl (C=O) groups excluding carboxylic acids is 1. The monoisotopic (exact) mass is 222 g/mol. The number of ether oxygens (including phenoxy) is 2. The lowest BCUT2D eigenvalue weighted by Crippen LogP contribution is -2.04. The molecule has 0 aromatic heterocycles. The fraction of sp³-hybridized carbons (Fsp3) is 0.571. The van der Waals surface area contributed by atoms with E-state index >= 15 is 0 Å². The highest BCUT2D eigenvalue weighted by molar-refractivity contribution is 9.09. The molecule has 1 atom stereocenters. The van der Waals surface area contributed by atoms with Crippen LogP contribution >= 0.6 is 15.9 Å². The highest BCUT2D eigenvalue weighted by Gasteiger charge is 2.06. The number of alkyl halides is 1. The zero-order valence-corrected chi connectivity index (χ0v) is 8.34. The standard InChI is InChI=1S/C7H11BrO3/c1-5(8)6(10-2)4-7(9)11-3/h4-5H,1-3H3. The molecule has 11 heavy (non-hydrogen) atoms. The maximum atomic E-state index is 10.7. The third kappa shape index (κ3) is 4.03. The van der Waals surface area contributed by atoms with Crippen molar-refractivity contribution in [3.05, 3.63) is 11.8 Å². The number of hydrogen-bond donors (Lipinski definition) is 0. The van der Waals surface area contributed by atoms with Gasteiger partial charge in [-0.05, 0) is 6.92 Å². The van der Waals surface area contributed by atoms with Crippen LogP contribution in [0.3, 0.4) is 0 Å². The van der Waals surface area contributed by atoms with E-state index in [9.17, 15) is 4.79 Å². The first-order valence-electron chi connectivity index (χ1n) is 3.09. The molecule has 64 valence electrons. The van der Waals surface area contributed by atoms with Crippen molar-refractivity contribution < 1.29 is 14.3 Å². The number of halogens is 1. The molecule has 0 aliphatic heterocycles. The van der Waals surface area contributed by atoms with Gasteiger partial charge < -0.3 is 9.47 Å². The predicted octanol–water partition coefficient (Wildman–Crippen LogP) is 1.47. The normalized spacial score (nSPS) is 14.0. The van der Waals surface area contributed by atoms with Crippen LogP contribution in [-0.2, 0) is 14.3 Å². The van der Waals surface area contributed by atoms with E-state index in [1.165, 1.54) is 20.3 Å². The molecule has 0 N–H and O–H groups in total. The summed E-state index contributed by atoms with van der Waals surface area (Å²) in [5.41, 5.74) is 0. The van der Waals surface area contributed by atoms with Gasteiger partial charge in [-0.3, -0.25) is 0 Å². The summed E-state index contributed by atoms with van der Waals surface area (Å²) in [6, 6.07) is 0. The van der Waals surface area contributed by atoms with E-state index in [4.69, 9.17) is 4.74 Å². The van der Waals surface area contributed by atoms with E-state index in [0.29, 0.717) is 5.76 Å². The number of esters is 1. The third-order valence-electron chi connectivity index (χ3n) is 1.09. The summed E-state index contributed by atoms with van der Waals surface area (Å²) in [4.78, 5) is 10.7. The van der Waals surface area contributed by atoms with Crippen LogP contribution in [0.5, 0.6) is 0 Å². The summed E-state index contributed by atoms with van der Waals surface area (Å²) in [6.45, 7) is 1.86. The number of methoxy groups -OCH3 is 2. The summed E-state index contributed by atoms with van der Waals surface area (Å²) in [7, 11) is 2.83. The van der Waals surface area contributed by atoms with Crippen LogP contribution in [0.2, 0.25) is 0 Å². The molecule has 0 saturated heterocycles. The molecule has 1 unspecified atom stereocenters. The van der Waals surface area contributed by atoms with Gasteiger partial charge in [-0.2, -0.15) is 0 Å². The zero-order valence-electron chi connectivity index (χ0n) is 6.76. The average Bonchev–Trinajstić information content (AvgIpc) is 1.99. The second-order valence-corrected chi connectivity index (χ2v) is 3.26. The smallest absolute Gasteiger partial charge is 0.333 e. The number of hydrogen-bond acceptors (Lipinski definition) is 3. The van der Waals surface area contributed by atoms with E-state index < -0.39 is 5.97 Å². The molecular formula is C7H11BrO3. The highest BCUT2D eigenvalue weighted by atomic mass is 79.9. The molecular weight excluding hydrogens is 212 g/mol. The summed E-state index contributed by atoms with van der Waals surface area (Å²) in [5, 5.41) is 0. The van der Waals surface area contributed by atoms with Gasteiger partial charge in [-0.1, -0.05) is 15.9 Å². The van der Waals surface area contributed by atoms with Crippen molar-refractivity contribution in [2.75, 3.05) is 14.2 Å². The van der Waals surface area contributed by atoms with Gasteiger partial charge in [0.05, 0.1) is 25.1 Å². The first-order valence-corrected chi connectivity index (χ1v) is 4.01. The fourth-order valence-corrected chi connectivity index (χ4v) is 0.830. The molecule has 0 fully saturated rings. The Bertz CT molecular complexity index is 163. The lowest BCUT2D eigenvalue weighted by atomic mass is 10.3. The maximum Gasteiger partial charge on any atom is 0.333 e. The Morgan fingerprint density at radius 2 is 2.00 bits per heavy atom. The van der Waals surface area contributed by atoms with Gasteiger partial charge in [0.25, 0.3) is 0 Å². The third-order valence-corrected chi connectivity index (χ3v) is 1.54. The second-order valence-electron chi connectivity index (χ2n) is 1.89. The van der Waals surface area contributed by atoms with Crippen LogP contribution in [-0.4, -0.2) is 25.0 Å². The topological polar surface area (TPSA) is 35.5 Å². The van der Waals surface area contributed by atoms with Gasteiger partial charge >= 0.3 is 5.97 Å². The van der Waals surface area contributed by atoms with Crippen molar-refractivity contribution >= 4 is 21.9 Å². The minimum Gasteiger partial charge on any atom is -0.500 e. The Balaban J connectivity index is 4.23. The van der Waals surface area contributed by atoms with E-state index in [-0.39, 0.29) is 4.83 Å². The molecule has 0 bridgehead atoms. The predicted molar refractivity (Wildman–Crippen MR) is 45.5 cm³/mol. The first-order chi connectivity index (χ1) is 5.11. The van der Waals surface area contributed by atoms with Crippen LogP contribution in [0.25, 0.3) is 0 Å². The molecule has 0 aromatic rings. The minimum absolute atomic E-state index is 0.0200. The van der Waals surface area contributed by atoms with Crippen LogP contribution < -0.4 is 0 Å². The molecule has 0 spiro atoms. The lowest BCUT2D eigenvalue weighted by Gasteiger charge is -2.06. The number of allylic oxidation sites excluding steroid dienone is 1. The summed E-state index contributed by atoms with van der Waals surface area (Å²) >= 11 is 3.26. The quantitative estimate of drug-likeness (QED) is 0.314. The van der Waals surface area contributed by atoms with Crippen LogP contribution in [0.4, 0.5) is 0 Å². The van der Waals surface area contributed by atoms with Crippen molar-refractivity contribution in [2.24, 2.45) is 0 Å². The maximum absolute atomic E-state index is 10.7. The molecule has 0 radical (unpaired) electrons. The minimum atomic E-state index is -0.409. The summed E-state index contributed by atoms with van der Waals surface area (Å²) < 4.78 is 9.31. The van der Waals surface area contributed by atoms with Gasteiger partial charge in [0, 0.05) is 0 Å². The molecule has 3 nitrogen and oxygen atoms in total. The molecule has 0 amide bonds. The zero-order chi connectivity index (χ0) is 8.85. The van der Waals surface area contributed by atoms with E-state index in [1.807, 2.05) is 6.92 Å². The van der Waals surface area contributed by atoms with Crippen molar-refractivity contribution in [2.45, 2.75) is 11.8 Å². The van der Waals surface area contributed by atoms with Crippen molar-refractivity contribution in [1.29, 1.82) is 0 Å².